The largest absolute Gasteiger partial charge is 0.486 e. The van der Waals surface area contributed by atoms with Crippen LogP contribution < -0.4 is 29.6 Å². The summed E-state index contributed by atoms with van der Waals surface area (Å²) in [7, 11) is 0. The molecule has 0 aromatic heterocycles. The number of likely N-dealkylation sites (tertiary alicyclic amines) is 2. The molecule has 4 aliphatic heterocycles. The Morgan fingerprint density at radius 2 is 0.853 bits per heavy atom. The fourth-order valence-corrected chi connectivity index (χ4v) is 8.49. The monoisotopic (exact) mass is 959 g/mol. The van der Waals surface area contributed by atoms with Gasteiger partial charge in [0.15, 0.2) is 35.2 Å². The number of benzene rings is 2. The molecule has 0 radical (unpaired) electrons. The van der Waals surface area contributed by atoms with Crippen LogP contribution in [0.2, 0.25) is 0 Å². The number of nitrogens with zero attached hydrogens (tertiary/aromatic N) is 2. The maximum Gasteiger partial charge on any atom is 0.335 e. The molecule has 0 spiro atoms. The summed E-state index contributed by atoms with van der Waals surface area (Å²) in [6.45, 7) is 11.9. The first-order chi connectivity index (χ1) is 32.8. The van der Waals surface area contributed by atoms with E-state index in [0.29, 0.717) is 75.4 Å². The fraction of sp³-hybridized carbons (Fsp3) is 0.680. The Morgan fingerprint density at radius 1 is 0.515 bits per heavy atom. The molecule has 2 amide bonds. The number of ether oxygens (including phenoxy) is 4. The lowest BCUT2D eigenvalue weighted by molar-refractivity contribution is -0.165. The quantitative estimate of drug-likeness (QED) is 0.0626. The Kier molecular flexibility index (Phi) is 25.2. The van der Waals surface area contributed by atoms with Gasteiger partial charge >= 0.3 is 11.9 Å². The summed E-state index contributed by atoms with van der Waals surface area (Å²) in [6, 6.07) is 10.4. The molecule has 2 aromatic rings. The van der Waals surface area contributed by atoms with Crippen molar-refractivity contribution in [2.45, 2.75) is 153 Å². The molecule has 0 bridgehead atoms. The summed E-state index contributed by atoms with van der Waals surface area (Å²) in [5.41, 5.74) is 1.50. The van der Waals surface area contributed by atoms with Crippen LogP contribution in [0.1, 0.15) is 140 Å². The maximum atomic E-state index is 12.5. The number of aliphatic hydroxyl groups is 4. The van der Waals surface area contributed by atoms with Gasteiger partial charge in [-0.1, -0.05) is 77.3 Å². The van der Waals surface area contributed by atoms with E-state index in [9.17, 15) is 29.4 Å². The normalized spacial score (nSPS) is 18.0. The number of nitrogens with one attached hydrogen (secondary N) is 2. The number of hydrogen-bond acceptors (Lipinski definition) is 14. The third-order valence-corrected chi connectivity index (χ3v) is 12.4. The first-order valence-electron chi connectivity index (χ1n) is 24.8. The molecule has 68 heavy (non-hydrogen) atoms. The molecule has 18 nitrogen and oxygen atoms in total. The van der Waals surface area contributed by atoms with Crippen molar-refractivity contribution in [1.29, 1.82) is 0 Å². The number of unbranched alkanes of at least 4 members (excludes halogenated alkanes) is 8. The average molecular weight is 959 g/mol. The van der Waals surface area contributed by atoms with Crippen molar-refractivity contribution in [2.24, 2.45) is 0 Å². The molecule has 18 heteroatoms. The van der Waals surface area contributed by atoms with Gasteiger partial charge in [0, 0.05) is 25.9 Å². The zero-order chi connectivity index (χ0) is 49.3. The molecular formula is C50H78N4O14. The van der Waals surface area contributed by atoms with Crippen LogP contribution in [0.5, 0.6) is 23.0 Å². The first kappa shape index (κ1) is 55.9. The van der Waals surface area contributed by atoms with E-state index < -0.39 is 36.4 Å². The number of hydrogen-bond donors (Lipinski definition) is 8. The van der Waals surface area contributed by atoms with Crippen molar-refractivity contribution in [1.82, 2.24) is 20.4 Å². The minimum Gasteiger partial charge on any atom is -0.486 e. The number of carboxylic acid groups (broad SMARTS) is 2. The molecule has 8 N–H and O–H groups in total. The van der Waals surface area contributed by atoms with Gasteiger partial charge in [0.05, 0.1) is 12.1 Å². The van der Waals surface area contributed by atoms with Gasteiger partial charge in [0.2, 0.25) is 11.8 Å². The predicted octanol–water partition coefficient (Wildman–Crippen LogP) is 4.74. The summed E-state index contributed by atoms with van der Waals surface area (Å²) in [5, 5.41) is 60.9. The minimum absolute atomic E-state index is 0.0299. The average Bonchev–Trinajstić information content (AvgIpc) is 4.08. The molecule has 0 aliphatic carbocycles. The van der Waals surface area contributed by atoms with Crippen molar-refractivity contribution in [3.8, 4) is 23.0 Å². The van der Waals surface area contributed by atoms with Gasteiger partial charge in [0.25, 0.3) is 0 Å². The molecule has 0 unspecified atom stereocenters. The minimum atomic E-state index is -2.27. The van der Waals surface area contributed by atoms with Crippen LogP contribution in [0.4, 0.5) is 0 Å². The predicted molar refractivity (Wildman–Crippen MR) is 254 cm³/mol. The highest BCUT2D eigenvalue weighted by Gasteiger charge is 2.31. The zero-order valence-electron chi connectivity index (χ0n) is 40.2. The number of aliphatic carboxylic acids is 2. The molecule has 2 fully saturated rings. The van der Waals surface area contributed by atoms with Crippen molar-refractivity contribution in [3.05, 3.63) is 47.5 Å². The highest BCUT2D eigenvalue weighted by molar-refractivity contribution is 5.83. The molecule has 2 saturated heterocycles. The number of aliphatic hydroxyl groups excluding tert-OH is 4. The van der Waals surface area contributed by atoms with Crippen LogP contribution in [-0.4, -0.2) is 154 Å². The second kappa shape index (κ2) is 30.7. The van der Waals surface area contributed by atoms with E-state index in [1.807, 2.05) is 36.4 Å². The molecule has 2 aromatic carbocycles. The van der Waals surface area contributed by atoms with Crippen LogP contribution in [0.25, 0.3) is 0 Å². The van der Waals surface area contributed by atoms with E-state index in [2.05, 4.69) is 34.3 Å². The van der Waals surface area contributed by atoms with E-state index >= 15 is 0 Å². The van der Waals surface area contributed by atoms with Gasteiger partial charge in [-0.3, -0.25) is 9.59 Å². The van der Waals surface area contributed by atoms with Gasteiger partial charge in [0.1, 0.15) is 38.6 Å². The highest BCUT2D eigenvalue weighted by Crippen LogP contribution is 2.35. The van der Waals surface area contributed by atoms with Crippen LogP contribution in [0.3, 0.4) is 0 Å². The van der Waals surface area contributed by atoms with E-state index in [1.54, 1.807) is 0 Å². The summed E-state index contributed by atoms with van der Waals surface area (Å²) in [5.74, 6) is -0.738. The molecule has 4 aliphatic rings. The highest BCUT2D eigenvalue weighted by atomic mass is 16.6. The van der Waals surface area contributed by atoms with E-state index in [0.717, 1.165) is 63.0 Å². The van der Waals surface area contributed by atoms with Crippen LogP contribution in [-0.2, 0) is 19.2 Å². The zero-order valence-corrected chi connectivity index (χ0v) is 40.2. The Labute approximate surface area is 401 Å². The van der Waals surface area contributed by atoms with Gasteiger partial charge in [-0.15, -0.1) is 0 Å². The van der Waals surface area contributed by atoms with E-state index in [-0.39, 0.29) is 23.9 Å². The second-order valence-electron chi connectivity index (χ2n) is 18.0. The number of carboxylic acids is 2. The lowest BCUT2D eigenvalue weighted by atomic mass is 10.0. The molecular weight excluding hydrogens is 881 g/mol. The van der Waals surface area contributed by atoms with E-state index in [1.165, 1.54) is 64.2 Å². The lowest BCUT2D eigenvalue weighted by Crippen LogP contribution is -2.46. The summed E-state index contributed by atoms with van der Waals surface area (Å²) >= 11 is 0. The SMILES string of the molecule is CCCCCCCC(=O)N[C@@H](CN1CCCC1)[C@H](O)c1ccc2c(c1)OCCO2.CCCCCCCC(=O)N[C@@H](CN1CCCC1)[C@H](O)c1ccc2c(c1)OCCO2.O=C(O)[C@@H](O)[C@H](O)C(=O)O. The van der Waals surface area contributed by atoms with Gasteiger partial charge in [-0.25, -0.2) is 9.59 Å². The molecule has 6 atom stereocenters. The second-order valence-corrected chi connectivity index (χ2v) is 18.0. The topological polar surface area (TPSA) is 257 Å². The third kappa shape index (κ3) is 19.3. The van der Waals surface area contributed by atoms with Gasteiger partial charge < -0.3 is 70.0 Å². The van der Waals surface area contributed by atoms with Crippen molar-refractivity contribution in [2.75, 3.05) is 65.7 Å². The number of carbonyl (C=O) groups is 4. The first-order valence-corrected chi connectivity index (χ1v) is 24.8. The summed E-state index contributed by atoms with van der Waals surface area (Å²) < 4.78 is 22.5. The lowest BCUT2D eigenvalue weighted by Gasteiger charge is -2.29. The molecule has 6 rings (SSSR count). The molecule has 0 saturated carbocycles. The van der Waals surface area contributed by atoms with Crippen LogP contribution in [0.15, 0.2) is 36.4 Å². The Hall–Kier alpha value is -4.72. The van der Waals surface area contributed by atoms with Gasteiger partial charge in [-0.2, -0.15) is 0 Å². The Bertz CT molecular complexity index is 1690. The Balaban J connectivity index is 0.000000248. The molecule has 4 heterocycles. The molecule has 382 valence electrons. The maximum absolute atomic E-state index is 12.5. The summed E-state index contributed by atoms with van der Waals surface area (Å²) in [4.78, 5) is 49.3. The third-order valence-electron chi connectivity index (χ3n) is 12.4. The number of carbonyl (C=O) groups excluding carboxylic acids is 2. The number of amides is 2. The smallest absolute Gasteiger partial charge is 0.335 e. The van der Waals surface area contributed by atoms with Crippen LogP contribution >= 0.6 is 0 Å². The number of fused-ring (bicyclic) bond motifs is 2. The summed E-state index contributed by atoms with van der Waals surface area (Å²) in [6.07, 6.45) is 10.9. The standard InChI is InChI=1S/2C23H36N2O4.C4H6O6/c2*1-2-3-4-5-6-9-22(26)24-19(17-25-12-7-8-13-25)23(27)18-10-11-20-21(16-18)29-15-14-28-20;5-1(3(7)8)2(6)4(9)10/h2*10-11,16,19,23,27H,2-9,12-15,17H2,1H3,(H,24,26);1-2,5-6H,(H,7,8)(H,9,10)/t2*19-,23+;1-,2-/m000/s1. The van der Waals surface area contributed by atoms with Crippen LogP contribution in [0, 0.1) is 0 Å². The Morgan fingerprint density at radius 3 is 1.19 bits per heavy atom. The van der Waals surface area contributed by atoms with Crippen molar-refractivity contribution < 1.29 is 68.8 Å². The van der Waals surface area contributed by atoms with Gasteiger partial charge in [-0.05, 0) is 100 Å². The van der Waals surface area contributed by atoms with Crippen molar-refractivity contribution >= 4 is 23.8 Å². The van der Waals surface area contributed by atoms with Crippen molar-refractivity contribution in [3.63, 3.8) is 0 Å². The number of rotatable bonds is 25. The van der Waals surface area contributed by atoms with E-state index in [4.69, 9.17) is 39.4 Å². The fourth-order valence-electron chi connectivity index (χ4n) is 8.49.